The molecule has 3 rings (SSSR count). The van der Waals surface area contributed by atoms with Gasteiger partial charge in [-0.1, -0.05) is 30.3 Å². The lowest BCUT2D eigenvalue weighted by molar-refractivity contribution is 0.138. The number of urea groups is 1. The first-order valence-electron chi connectivity index (χ1n) is 8.80. The number of imidazole rings is 1. The minimum Gasteiger partial charge on any atom is -0.336 e. The topological polar surface area (TPSA) is 53.4 Å². The third-order valence-electron chi connectivity index (χ3n) is 4.93. The summed E-state index contributed by atoms with van der Waals surface area (Å²) in [6.45, 7) is 1.57. The lowest BCUT2D eigenvalue weighted by Crippen LogP contribution is -2.51. The zero-order chi connectivity index (χ0) is 17.8. The Morgan fingerprint density at radius 3 is 2.72 bits per heavy atom. The Labute approximate surface area is 149 Å². The van der Waals surface area contributed by atoms with Crippen molar-refractivity contribution in [1.29, 1.82) is 0 Å². The number of carbonyl (C=O) groups excluding carboxylic acids is 1. The van der Waals surface area contributed by atoms with Crippen LogP contribution >= 0.6 is 0 Å². The lowest BCUT2D eigenvalue weighted by atomic mass is 10.0. The molecule has 0 radical (unpaired) electrons. The van der Waals surface area contributed by atoms with E-state index in [-0.39, 0.29) is 12.1 Å². The summed E-state index contributed by atoms with van der Waals surface area (Å²) in [5.41, 5.74) is 1.03. The van der Waals surface area contributed by atoms with Crippen LogP contribution in [0.1, 0.15) is 30.3 Å². The first-order valence-corrected chi connectivity index (χ1v) is 8.80. The van der Waals surface area contributed by atoms with E-state index in [1.807, 2.05) is 53.0 Å². The molecule has 0 aliphatic carbocycles. The van der Waals surface area contributed by atoms with Crippen LogP contribution in [-0.4, -0.2) is 58.6 Å². The molecule has 1 aromatic heterocycles. The number of nitrogens with zero attached hydrogens (tertiary/aromatic N) is 4. The van der Waals surface area contributed by atoms with Crippen LogP contribution in [-0.2, 0) is 7.05 Å². The van der Waals surface area contributed by atoms with Gasteiger partial charge in [0.1, 0.15) is 11.9 Å². The van der Waals surface area contributed by atoms with Crippen molar-refractivity contribution in [3.8, 4) is 0 Å². The summed E-state index contributed by atoms with van der Waals surface area (Å²) in [5, 5.41) is 3.19. The Hall–Kier alpha value is -2.34. The van der Waals surface area contributed by atoms with E-state index in [2.05, 4.69) is 29.3 Å². The summed E-state index contributed by atoms with van der Waals surface area (Å²) >= 11 is 0. The summed E-state index contributed by atoms with van der Waals surface area (Å²) in [6.07, 6.45) is 5.84. The largest absolute Gasteiger partial charge is 0.336 e. The molecule has 2 heterocycles. The minimum absolute atomic E-state index is 0.0246. The zero-order valence-electron chi connectivity index (χ0n) is 15.2. The van der Waals surface area contributed by atoms with Crippen LogP contribution < -0.4 is 5.32 Å². The maximum Gasteiger partial charge on any atom is 0.318 e. The van der Waals surface area contributed by atoms with Gasteiger partial charge in [-0.25, -0.2) is 9.78 Å². The van der Waals surface area contributed by atoms with E-state index in [0.717, 1.165) is 37.3 Å². The van der Waals surface area contributed by atoms with E-state index in [1.54, 1.807) is 6.20 Å². The van der Waals surface area contributed by atoms with Gasteiger partial charge in [0.05, 0.1) is 0 Å². The molecule has 1 aliphatic rings. The monoisotopic (exact) mass is 341 g/mol. The van der Waals surface area contributed by atoms with Gasteiger partial charge in [-0.05, 0) is 32.5 Å². The van der Waals surface area contributed by atoms with E-state index >= 15 is 0 Å². The molecule has 0 unspecified atom stereocenters. The SMILES string of the molecule is CN(C)[C@@H]1CCCN(C(=O)N[C@@H](c2ccccc2)c2nccn2C)C1. The fourth-order valence-corrected chi connectivity index (χ4v) is 3.37. The predicted octanol–water partition coefficient (Wildman–Crippen LogP) is 2.25. The van der Waals surface area contributed by atoms with Gasteiger partial charge in [0.15, 0.2) is 0 Å². The van der Waals surface area contributed by atoms with Gasteiger partial charge in [0.25, 0.3) is 0 Å². The van der Waals surface area contributed by atoms with Gasteiger partial charge in [0.2, 0.25) is 0 Å². The molecule has 2 amide bonds. The van der Waals surface area contributed by atoms with Gasteiger partial charge in [0, 0.05) is 38.6 Å². The molecule has 1 aromatic carbocycles. The number of rotatable bonds is 4. The molecule has 25 heavy (non-hydrogen) atoms. The number of likely N-dealkylation sites (tertiary alicyclic amines) is 1. The van der Waals surface area contributed by atoms with Gasteiger partial charge in [-0.2, -0.15) is 0 Å². The maximum absolute atomic E-state index is 12.9. The molecule has 134 valence electrons. The van der Waals surface area contributed by atoms with Crippen molar-refractivity contribution in [3.05, 3.63) is 54.1 Å². The highest BCUT2D eigenvalue weighted by atomic mass is 16.2. The standard InChI is InChI=1S/C19H27N5O/c1-22(2)16-10-7-12-24(14-16)19(25)21-17(15-8-5-4-6-9-15)18-20-11-13-23(18)3/h4-6,8-9,11,13,16-17H,7,10,12,14H2,1-3H3,(H,21,25)/t16-,17+/m1/s1. The summed E-state index contributed by atoms with van der Waals surface area (Å²) in [6, 6.07) is 10.1. The average Bonchev–Trinajstić information content (AvgIpc) is 3.06. The molecule has 0 bridgehead atoms. The molecular weight excluding hydrogens is 314 g/mol. The van der Waals surface area contributed by atoms with Crippen LogP contribution in [0.3, 0.4) is 0 Å². The number of amides is 2. The molecule has 6 nitrogen and oxygen atoms in total. The Morgan fingerprint density at radius 2 is 2.08 bits per heavy atom. The number of hydrogen-bond donors (Lipinski definition) is 1. The van der Waals surface area contributed by atoms with Crippen molar-refractivity contribution in [2.24, 2.45) is 7.05 Å². The van der Waals surface area contributed by atoms with Crippen LogP contribution in [0.2, 0.25) is 0 Å². The number of likely N-dealkylation sites (N-methyl/N-ethyl adjacent to an activating group) is 1. The van der Waals surface area contributed by atoms with Crippen molar-refractivity contribution < 1.29 is 4.79 Å². The van der Waals surface area contributed by atoms with Crippen molar-refractivity contribution in [2.45, 2.75) is 24.9 Å². The third-order valence-corrected chi connectivity index (χ3v) is 4.93. The van der Waals surface area contributed by atoms with Crippen LogP contribution in [0.4, 0.5) is 4.79 Å². The fourth-order valence-electron chi connectivity index (χ4n) is 3.37. The number of piperidine rings is 1. The third kappa shape index (κ3) is 4.02. The minimum atomic E-state index is -0.256. The molecule has 1 N–H and O–H groups in total. The highest BCUT2D eigenvalue weighted by Gasteiger charge is 2.28. The number of aromatic nitrogens is 2. The second-order valence-electron chi connectivity index (χ2n) is 6.90. The van der Waals surface area contributed by atoms with Crippen molar-refractivity contribution in [3.63, 3.8) is 0 Å². The normalized spacial score (nSPS) is 19.0. The molecule has 1 aliphatic heterocycles. The highest BCUT2D eigenvalue weighted by molar-refractivity contribution is 5.75. The number of hydrogen-bond acceptors (Lipinski definition) is 3. The van der Waals surface area contributed by atoms with Gasteiger partial charge in [-0.3, -0.25) is 0 Å². The lowest BCUT2D eigenvalue weighted by Gasteiger charge is -2.36. The second kappa shape index (κ2) is 7.70. The van der Waals surface area contributed by atoms with Crippen LogP contribution in [0.25, 0.3) is 0 Å². The zero-order valence-corrected chi connectivity index (χ0v) is 15.2. The molecule has 2 atom stereocenters. The number of carbonyl (C=O) groups is 1. The van der Waals surface area contributed by atoms with E-state index < -0.39 is 0 Å². The smallest absolute Gasteiger partial charge is 0.318 e. The Kier molecular flexibility index (Phi) is 5.38. The Morgan fingerprint density at radius 1 is 1.32 bits per heavy atom. The molecular formula is C19H27N5O. The Balaban J connectivity index is 1.79. The molecule has 6 heteroatoms. The van der Waals surface area contributed by atoms with Crippen LogP contribution in [0.15, 0.2) is 42.7 Å². The van der Waals surface area contributed by atoms with Gasteiger partial charge in [-0.15, -0.1) is 0 Å². The summed E-state index contributed by atoms with van der Waals surface area (Å²) in [5.74, 6) is 0.834. The van der Waals surface area contributed by atoms with E-state index in [0.29, 0.717) is 6.04 Å². The average molecular weight is 341 g/mol. The first-order chi connectivity index (χ1) is 12.1. The van der Waals surface area contributed by atoms with Crippen molar-refractivity contribution in [2.75, 3.05) is 27.2 Å². The molecule has 2 aromatic rings. The van der Waals surface area contributed by atoms with Gasteiger partial charge < -0.3 is 19.7 Å². The van der Waals surface area contributed by atoms with E-state index in [9.17, 15) is 4.79 Å². The molecule has 1 saturated heterocycles. The number of benzene rings is 1. The molecule has 0 spiro atoms. The molecule has 0 saturated carbocycles. The van der Waals surface area contributed by atoms with E-state index in [1.165, 1.54) is 0 Å². The van der Waals surface area contributed by atoms with Gasteiger partial charge >= 0.3 is 6.03 Å². The number of aryl methyl sites for hydroxylation is 1. The number of nitrogens with one attached hydrogen (secondary N) is 1. The second-order valence-corrected chi connectivity index (χ2v) is 6.90. The first kappa shape index (κ1) is 17.5. The molecule has 1 fully saturated rings. The van der Waals surface area contributed by atoms with Crippen molar-refractivity contribution >= 4 is 6.03 Å². The maximum atomic E-state index is 12.9. The van der Waals surface area contributed by atoms with Crippen LogP contribution in [0, 0.1) is 0 Å². The van der Waals surface area contributed by atoms with Crippen LogP contribution in [0.5, 0.6) is 0 Å². The predicted molar refractivity (Wildman–Crippen MR) is 98.3 cm³/mol. The summed E-state index contributed by atoms with van der Waals surface area (Å²) < 4.78 is 1.96. The van der Waals surface area contributed by atoms with Crippen molar-refractivity contribution in [1.82, 2.24) is 24.7 Å². The quantitative estimate of drug-likeness (QED) is 0.928. The summed E-state index contributed by atoms with van der Waals surface area (Å²) in [7, 11) is 6.10. The highest BCUT2D eigenvalue weighted by Crippen LogP contribution is 2.21. The van der Waals surface area contributed by atoms with E-state index in [4.69, 9.17) is 0 Å². The Bertz CT molecular complexity index is 697. The fraction of sp³-hybridized carbons (Fsp3) is 0.474. The summed E-state index contributed by atoms with van der Waals surface area (Å²) in [4.78, 5) is 21.5.